The number of oxime groups is 1. The summed E-state index contributed by atoms with van der Waals surface area (Å²) in [7, 11) is 0. The van der Waals surface area contributed by atoms with E-state index in [2.05, 4.69) is 22.2 Å². The molecular weight excluding hydrogens is 362 g/mol. The number of benzene rings is 2. The highest BCUT2D eigenvalue weighted by Gasteiger charge is 2.45. The number of hydrogen-bond acceptors (Lipinski definition) is 4. The van der Waals surface area contributed by atoms with Crippen molar-refractivity contribution in [3.63, 3.8) is 0 Å². The smallest absolute Gasteiger partial charge is 0.269 e. The fourth-order valence-electron chi connectivity index (χ4n) is 3.59. The Hall–Kier alpha value is -2.53. The zero-order valence-corrected chi connectivity index (χ0v) is 16.0. The van der Waals surface area contributed by atoms with Crippen molar-refractivity contribution in [2.45, 2.75) is 18.9 Å². The van der Waals surface area contributed by atoms with Crippen molar-refractivity contribution in [3.8, 4) is 0 Å². The molecule has 1 fully saturated rings. The average Bonchev–Trinajstić information content (AvgIpc) is 3.12. The van der Waals surface area contributed by atoms with Crippen LogP contribution in [0.15, 0.2) is 59.8 Å². The maximum atomic E-state index is 13.1. The Morgan fingerprint density at radius 2 is 1.70 bits per heavy atom. The van der Waals surface area contributed by atoms with Gasteiger partial charge in [0, 0.05) is 43.3 Å². The maximum absolute atomic E-state index is 13.1. The SMILES string of the molecule is CC1(C(=O)N2CCN(c3ccccc3)CC2)CC(c2ccc(Cl)cc2)=NO1. The van der Waals surface area contributed by atoms with Crippen molar-refractivity contribution >= 4 is 28.9 Å². The Bertz CT molecular complexity index is 845. The van der Waals surface area contributed by atoms with Gasteiger partial charge in [0.15, 0.2) is 0 Å². The highest BCUT2D eigenvalue weighted by atomic mass is 35.5. The summed E-state index contributed by atoms with van der Waals surface area (Å²) in [5.74, 6) is 0.00271. The van der Waals surface area contributed by atoms with Gasteiger partial charge in [0.1, 0.15) is 0 Å². The van der Waals surface area contributed by atoms with Crippen LogP contribution in [0.25, 0.3) is 0 Å². The molecule has 1 amide bonds. The Kier molecular flexibility index (Phi) is 4.79. The molecule has 2 aromatic carbocycles. The summed E-state index contributed by atoms with van der Waals surface area (Å²) in [6.45, 7) is 4.82. The van der Waals surface area contributed by atoms with Crippen LogP contribution in [0.3, 0.4) is 0 Å². The van der Waals surface area contributed by atoms with Crippen LogP contribution in [-0.2, 0) is 9.63 Å². The average molecular weight is 384 g/mol. The third-order valence-corrected chi connectivity index (χ3v) is 5.43. The van der Waals surface area contributed by atoms with E-state index >= 15 is 0 Å². The Balaban J connectivity index is 1.38. The summed E-state index contributed by atoms with van der Waals surface area (Å²) in [5.41, 5.74) is 1.97. The molecule has 0 spiro atoms. The van der Waals surface area contributed by atoms with E-state index in [4.69, 9.17) is 16.4 Å². The number of halogens is 1. The second-order valence-electron chi connectivity index (χ2n) is 7.16. The first-order valence-corrected chi connectivity index (χ1v) is 9.53. The third kappa shape index (κ3) is 3.65. The molecule has 2 aromatic rings. The lowest BCUT2D eigenvalue weighted by atomic mass is 9.94. The van der Waals surface area contributed by atoms with Gasteiger partial charge in [-0.1, -0.05) is 47.1 Å². The van der Waals surface area contributed by atoms with Gasteiger partial charge >= 0.3 is 0 Å². The lowest BCUT2D eigenvalue weighted by Gasteiger charge is -2.38. The van der Waals surface area contributed by atoms with Gasteiger partial charge in [0.25, 0.3) is 5.91 Å². The van der Waals surface area contributed by atoms with Gasteiger partial charge < -0.3 is 14.6 Å². The molecule has 0 saturated carbocycles. The largest absolute Gasteiger partial charge is 0.379 e. The second-order valence-corrected chi connectivity index (χ2v) is 7.60. The molecule has 0 radical (unpaired) electrons. The summed E-state index contributed by atoms with van der Waals surface area (Å²) < 4.78 is 0. The molecule has 1 saturated heterocycles. The monoisotopic (exact) mass is 383 g/mol. The molecule has 2 aliphatic heterocycles. The summed E-state index contributed by atoms with van der Waals surface area (Å²) in [6.07, 6.45) is 0.465. The molecule has 0 bridgehead atoms. The zero-order chi connectivity index (χ0) is 18.9. The number of anilines is 1. The molecule has 2 heterocycles. The highest BCUT2D eigenvalue weighted by Crippen LogP contribution is 2.29. The standard InChI is InChI=1S/C21H22ClN3O2/c1-21(15-19(23-27-21)16-7-9-17(22)10-8-16)20(26)25-13-11-24(12-14-25)18-5-3-2-4-6-18/h2-10H,11-15H2,1H3. The van der Waals surface area contributed by atoms with Crippen LogP contribution in [0, 0.1) is 0 Å². The van der Waals surface area contributed by atoms with Crippen LogP contribution in [0.4, 0.5) is 5.69 Å². The fraction of sp³-hybridized carbons (Fsp3) is 0.333. The predicted octanol–water partition coefficient (Wildman–Crippen LogP) is 3.57. The molecule has 1 unspecified atom stereocenters. The van der Waals surface area contributed by atoms with Crippen molar-refractivity contribution in [2.75, 3.05) is 31.1 Å². The first-order chi connectivity index (χ1) is 13.0. The summed E-state index contributed by atoms with van der Waals surface area (Å²) in [6, 6.07) is 17.7. The normalized spacial score (nSPS) is 22.4. The second kappa shape index (κ2) is 7.24. The van der Waals surface area contributed by atoms with Gasteiger partial charge in [-0.2, -0.15) is 0 Å². The molecular formula is C21H22ClN3O2. The quantitative estimate of drug-likeness (QED) is 0.813. The minimum Gasteiger partial charge on any atom is -0.379 e. The molecule has 27 heavy (non-hydrogen) atoms. The topological polar surface area (TPSA) is 45.1 Å². The van der Waals surface area contributed by atoms with Gasteiger partial charge in [-0.05, 0) is 36.8 Å². The van der Waals surface area contributed by atoms with Crippen molar-refractivity contribution in [1.29, 1.82) is 0 Å². The van der Waals surface area contributed by atoms with Gasteiger partial charge in [-0.15, -0.1) is 0 Å². The third-order valence-electron chi connectivity index (χ3n) is 5.18. The minimum absolute atomic E-state index is 0.00271. The van der Waals surface area contributed by atoms with Crippen LogP contribution in [-0.4, -0.2) is 48.3 Å². The van der Waals surface area contributed by atoms with E-state index in [0.717, 1.165) is 24.4 Å². The van der Waals surface area contributed by atoms with E-state index in [-0.39, 0.29) is 5.91 Å². The van der Waals surface area contributed by atoms with E-state index < -0.39 is 5.60 Å². The molecule has 0 aromatic heterocycles. The number of piperazine rings is 1. The Morgan fingerprint density at radius 1 is 1.04 bits per heavy atom. The fourth-order valence-corrected chi connectivity index (χ4v) is 3.72. The number of para-hydroxylation sites is 1. The molecule has 2 aliphatic rings. The van der Waals surface area contributed by atoms with Crippen LogP contribution >= 0.6 is 11.6 Å². The van der Waals surface area contributed by atoms with Gasteiger partial charge in [-0.25, -0.2) is 0 Å². The predicted molar refractivity (Wildman–Crippen MR) is 107 cm³/mol. The zero-order valence-electron chi connectivity index (χ0n) is 15.3. The van der Waals surface area contributed by atoms with Crippen LogP contribution in [0.5, 0.6) is 0 Å². The first kappa shape index (κ1) is 17.9. The van der Waals surface area contributed by atoms with E-state index in [1.54, 1.807) is 0 Å². The first-order valence-electron chi connectivity index (χ1n) is 9.15. The number of carbonyl (C=O) groups is 1. The van der Waals surface area contributed by atoms with E-state index in [0.29, 0.717) is 24.5 Å². The lowest BCUT2D eigenvalue weighted by molar-refractivity contribution is -0.153. The van der Waals surface area contributed by atoms with Crippen molar-refractivity contribution in [2.24, 2.45) is 5.16 Å². The van der Waals surface area contributed by atoms with Crippen molar-refractivity contribution in [1.82, 2.24) is 4.90 Å². The molecule has 6 heteroatoms. The number of carbonyl (C=O) groups excluding carboxylic acids is 1. The van der Waals surface area contributed by atoms with Crippen molar-refractivity contribution < 1.29 is 9.63 Å². The molecule has 5 nitrogen and oxygen atoms in total. The molecule has 4 rings (SSSR count). The lowest BCUT2D eigenvalue weighted by Crippen LogP contribution is -2.55. The van der Waals surface area contributed by atoms with E-state index in [1.165, 1.54) is 5.69 Å². The van der Waals surface area contributed by atoms with Crippen LogP contribution < -0.4 is 4.90 Å². The minimum atomic E-state index is -0.941. The Morgan fingerprint density at radius 3 is 2.37 bits per heavy atom. The highest BCUT2D eigenvalue weighted by molar-refractivity contribution is 6.30. The number of hydrogen-bond donors (Lipinski definition) is 0. The molecule has 0 N–H and O–H groups in total. The van der Waals surface area contributed by atoms with Crippen LogP contribution in [0.1, 0.15) is 18.9 Å². The molecule has 0 aliphatic carbocycles. The number of nitrogens with zero attached hydrogens (tertiary/aromatic N) is 3. The van der Waals surface area contributed by atoms with E-state index in [1.807, 2.05) is 54.3 Å². The molecule has 1 atom stereocenters. The summed E-state index contributed by atoms with van der Waals surface area (Å²) >= 11 is 5.95. The van der Waals surface area contributed by atoms with Crippen molar-refractivity contribution in [3.05, 3.63) is 65.2 Å². The van der Waals surface area contributed by atoms with Gasteiger partial charge in [0.2, 0.25) is 5.60 Å². The van der Waals surface area contributed by atoms with Gasteiger partial charge in [0.05, 0.1) is 5.71 Å². The summed E-state index contributed by atoms with van der Waals surface area (Å²) in [5, 5.41) is 4.86. The number of rotatable bonds is 3. The number of amides is 1. The summed E-state index contributed by atoms with van der Waals surface area (Å²) in [4.78, 5) is 22.9. The van der Waals surface area contributed by atoms with Gasteiger partial charge in [-0.3, -0.25) is 4.79 Å². The van der Waals surface area contributed by atoms with Crippen LogP contribution in [0.2, 0.25) is 5.02 Å². The molecule has 140 valence electrons. The Labute approximate surface area is 164 Å². The van der Waals surface area contributed by atoms with E-state index in [9.17, 15) is 4.79 Å². The maximum Gasteiger partial charge on any atom is 0.269 e.